The molecule has 10 nitrogen and oxygen atoms in total. The van der Waals surface area contributed by atoms with Crippen LogP contribution in [0.25, 0.3) is 10.8 Å². The number of benzene rings is 3. The average Bonchev–Trinajstić information content (AvgIpc) is 3.38. The Morgan fingerprint density at radius 2 is 1.74 bits per heavy atom. The van der Waals surface area contributed by atoms with Crippen molar-refractivity contribution < 1.29 is 29.0 Å². The van der Waals surface area contributed by atoms with Crippen LogP contribution >= 0.6 is 0 Å². The van der Waals surface area contributed by atoms with Crippen molar-refractivity contribution in [1.82, 2.24) is 20.1 Å². The zero-order chi connectivity index (χ0) is 27.0. The zero-order valence-corrected chi connectivity index (χ0v) is 21.0. The minimum atomic E-state index is -1.47. The Labute approximate surface area is 218 Å². The summed E-state index contributed by atoms with van der Waals surface area (Å²) in [4.78, 5) is 39.1. The van der Waals surface area contributed by atoms with E-state index in [0.29, 0.717) is 33.8 Å². The van der Waals surface area contributed by atoms with Gasteiger partial charge in [0, 0.05) is 36.6 Å². The Kier molecular flexibility index (Phi) is 6.15. The van der Waals surface area contributed by atoms with E-state index in [2.05, 4.69) is 10.6 Å². The van der Waals surface area contributed by atoms with Gasteiger partial charge in [-0.1, -0.05) is 18.2 Å². The van der Waals surface area contributed by atoms with Crippen LogP contribution in [0.1, 0.15) is 15.9 Å². The van der Waals surface area contributed by atoms with E-state index in [-0.39, 0.29) is 18.3 Å². The molecule has 4 amide bonds. The first kappa shape index (κ1) is 24.7. The number of carbonyl (C=O) groups is 3. The predicted octanol–water partition coefficient (Wildman–Crippen LogP) is 3.58. The number of imide groups is 1. The number of aromatic nitrogens is 1. The number of aromatic hydroxyl groups is 1. The summed E-state index contributed by atoms with van der Waals surface area (Å²) in [7, 11) is 4.89. The molecule has 194 valence electrons. The molecule has 1 aliphatic rings. The van der Waals surface area contributed by atoms with Crippen LogP contribution in [-0.4, -0.2) is 53.6 Å². The average molecular weight is 515 g/mol. The molecule has 0 radical (unpaired) electrons. The highest BCUT2D eigenvalue weighted by Gasteiger charge is 2.48. The first-order chi connectivity index (χ1) is 18.2. The predicted molar refractivity (Wildman–Crippen MR) is 139 cm³/mol. The molecule has 0 bridgehead atoms. The van der Waals surface area contributed by atoms with Gasteiger partial charge in [0.05, 0.1) is 13.7 Å². The molecule has 38 heavy (non-hydrogen) atoms. The number of carbonyl (C=O) groups excluding carboxylic acids is 3. The van der Waals surface area contributed by atoms with E-state index in [1.54, 1.807) is 87.0 Å². The minimum absolute atomic E-state index is 0.0533. The van der Waals surface area contributed by atoms with Crippen LogP contribution in [0.3, 0.4) is 0 Å². The van der Waals surface area contributed by atoms with Gasteiger partial charge in [-0.2, -0.15) is 0 Å². The Morgan fingerprint density at radius 3 is 2.39 bits per heavy atom. The van der Waals surface area contributed by atoms with Crippen molar-refractivity contribution in [2.75, 3.05) is 21.2 Å². The molecule has 0 aliphatic carbocycles. The highest BCUT2D eigenvalue weighted by Crippen LogP contribution is 2.35. The van der Waals surface area contributed by atoms with Crippen LogP contribution in [0.4, 0.5) is 4.79 Å². The van der Waals surface area contributed by atoms with Crippen LogP contribution < -0.4 is 20.1 Å². The number of nitrogens with zero attached hydrogens (tertiary/aromatic N) is 2. The number of amides is 4. The van der Waals surface area contributed by atoms with Crippen molar-refractivity contribution in [2.24, 2.45) is 0 Å². The normalized spacial score (nSPS) is 16.7. The van der Waals surface area contributed by atoms with Crippen LogP contribution in [0.5, 0.6) is 23.1 Å². The number of urea groups is 1. The van der Waals surface area contributed by atoms with Crippen molar-refractivity contribution >= 4 is 28.6 Å². The van der Waals surface area contributed by atoms with E-state index in [1.165, 1.54) is 16.6 Å². The monoisotopic (exact) mass is 514 g/mol. The third kappa shape index (κ3) is 4.36. The molecule has 10 heteroatoms. The van der Waals surface area contributed by atoms with Gasteiger partial charge in [0.2, 0.25) is 0 Å². The molecule has 1 atom stereocenters. The van der Waals surface area contributed by atoms with Crippen molar-refractivity contribution in [2.45, 2.75) is 12.1 Å². The molecule has 1 aliphatic heterocycles. The fraction of sp³-hybridized carbons (Fsp3) is 0.179. The summed E-state index contributed by atoms with van der Waals surface area (Å²) in [5, 5.41) is 17.3. The van der Waals surface area contributed by atoms with Gasteiger partial charge in [0.15, 0.2) is 11.4 Å². The van der Waals surface area contributed by atoms with Gasteiger partial charge in [-0.15, -0.1) is 0 Å². The van der Waals surface area contributed by atoms with Gasteiger partial charge < -0.3 is 29.4 Å². The third-order valence-corrected chi connectivity index (χ3v) is 6.49. The van der Waals surface area contributed by atoms with E-state index in [9.17, 15) is 19.5 Å². The Bertz CT molecular complexity index is 1560. The van der Waals surface area contributed by atoms with Crippen molar-refractivity contribution in [3.63, 3.8) is 0 Å². The number of hydrogen-bond acceptors (Lipinski definition) is 6. The fourth-order valence-corrected chi connectivity index (χ4v) is 4.52. The lowest BCUT2D eigenvalue weighted by atomic mass is 9.89. The summed E-state index contributed by atoms with van der Waals surface area (Å²) >= 11 is 0. The van der Waals surface area contributed by atoms with Crippen molar-refractivity contribution in [3.05, 3.63) is 84.1 Å². The highest BCUT2D eigenvalue weighted by molar-refractivity contribution is 6.07. The minimum Gasteiger partial charge on any atom is -0.497 e. The highest BCUT2D eigenvalue weighted by atomic mass is 16.5. The second-order valence-corrected chi connectivity index (χ2v) is 9.20. The second kappa shape index (κ2) is 9.47. The van der Waals surface area contributed by atoms with Gasteiger partial charge in [-0.05, 0) is 54.1 Å². The largest absolute Gasteiger partial charge is 0.497 e. The van der Waals surface area contributed by atoms with E-state index in [1.807, 2.05) is 0 Å². The number of hydrogen-bond donors (Lipinski definition) is 3. The molecule has 0 saturated carbocycles. The van der Waals surface area contributed by atoms with Gasteiger partial charge in [-0.3, -0.25) is 14.9 Å². The number of ether oxygens (including phenoxy) is 2. The molecule has 0 unspecified atom stereocenters. The summed E-state index contributed by atoms with van der Waals surface area (Å²) < 4.78 is 12.7. The summed E-state index contributed by atoms with van der Waals surface area (Å²) in [5.74, 6) is 0.797. The molecule has 3 N–H and O–H groups in total. The van der Waals surface area contributed by atoms with Gasteiger partial charge >= 0.3 is 6.03 Å². The van der Waals surface area contributed by atoms with E-state index in [0.717, 1.165) is 5.39 Å². The van der Waals surface area contributed by atoms with Crippen LogP contribution in [-0.2, 0) is 16.9 Å². The fourth-order valence-electron chi connectivity index (χ4n) is 4.52. The van der Waals surface area contributed by atoms with Gasteiger partial charge in [0.1, 0.15) is 17.2 Å². The van der Waals surface area contributed by atoms with Crippen molar-refractivity contribution in [3.8, 4) is 23.1 Å². The Balaban J connectivity index is 1.45. The van der Waals surface area contributed by atoms with Gasteiger partial charge in [-0.25, -0.2) is 4.79 Å². The van der Waals surface area contributed by atoms with E-state index >= 15 is 0 Å². The first-order valence-electron chi connectivity index (χ1n) is 11.8. The second-order valence-electron chi connectivity index (χ2n) is 9.20. The molecule has 0 spiro atoms. The molecule has 1 saturated heterocycles. The molecule has 1 fully saturated rings. The standard InChI is InChI=1S/C28H26N4O6/c1-31(2)24(33)17-5-4-6-22(13-17)38-20-11-8-19(9-12-20)28(26(35)29-27(36)30-28)16-32-15-18-7-10-21(37-3)14-23(18)25(32)34/h4-15,34H,16H2,1-3H3,(H2,29,30,35,36)/t28-/m0/s1. The summed E-state index contributed by atoms with van der Waals surface area (Å²) in [6, 6.07) is 18.2. The molecule has 1 aromatic heterocycles. The molecule has 3 aromatic carbocycles. The molecule has 4 aromatic rings. The molecular weight excluding hydrogens is 488 g/mol. The molecule has 5 rings (SSSR count). The lowest BCUT2D eigenvalue weighted by Gasteiger charge is -2.27. The number of fused-ring (bicyclic) bond motifs is 1. The first-order valence-corrected chi connectivity index (χ1v) is 11.8. The topological polar surface area (TPSA) is 122 Å². The summed E-state index contributed by atoms with van der Waals surface area (Å²) in [6.07, 6.45) is 1.71. The molecule has 2 heterocycles. The Morgan fingerprint density at radius 1 is 1.00 bits per heavy atom. The number of methoxy groups -OCH3 is 1. The summed E-state index contributed by atoms with van der Waals surface area (Å²) in [6.45, 7) is -0.0533. The quantitative estimate of drug-likeness (QED) is 0.324. The maximum atomic E-state index is 13.1. The van der Waals surface area contributed by atoms with Crippen LogP contribution in [0, 0.1) is 0 Å². The van der Waals surface area contributed by atoms with Crippen molar-refractivity contribution in [1.29, 1.82) is 0 Å². The smallest absolute Gasteiger partial charge is 0.322 e. The SMILES string of the molecule is COc1ccc2cn(C[C@@]3(c4ccc(Oc5cccc(C(=O)N(C)C)c5)cc4)NC(=O)NC3=O)c(O)c2c1. The maximum Gasteiger partial charge on any atom is 0.322 e. The lowest BCUT2D eigenvalue weighted by Crippen LogP contribution is -2.47. The number of nitrogens with one attached hydrogen (secondary N) is 2. The maximum absolute atomic E-state index is 13.1. The Hall–Kier alpha value is -4.99. The lowest BCUT2D eigenvalue weighted by molar-refractivity contribution is -0.124. The van der Waals surface area contributed by atoms with Crippen LogP contribution in [0.2, 0.25) is 0 Å². The number of rotatable bonds is 7. The van der Waals surface area contributed by atoms with Gasteiger partial charge in [0.25, 0.3) is 11.8 Å². The summed E-state index contributed by atoms with van der Waals surface area (Å²) in [5.41, 5.74) is -0.478. The molecular formula is C28H26N4O6. The van der Waals surface area contributed by atoms with E-state index < -0.39 is 17.5 Å². The zero-order valence-electron chi connectivity index (χ0n) is 21.0. The van der Waals surface area contributed by atoms with E-state index in [4.69, 9.17) is 9.47 Å². The third-order valence-electron chi connectivity index (χ3n) is 6.49. The van der Waals surface area contributed by atoms with Crippen LogP contribution in [0.15, 0.2) is 72.9 Å².